The van der Waals surface area contributed by atoms with Crippen molar-refractivity contribution >= 4 is 23.2 Å². The molecule has 0 spiro atoms. The van der Waals surface area contributed by atoms with Gasteiger partial charge in [-0.3, -0.25) is 9.59 Å². The Kier molecular flexibility index (Phi) is 6.30. The molecule has 0 saturated carbocycles. The van der Waals surface area contributed by atoms with Crippen LogP contribution in [0.25, 0.3) is 11.1 Å². The second-order valence-corrected chi connectivity index (χ2v) is 8.70. The Morgan fingerprint density at radius 2 is 1.83 bits per heavy atom. The molecule has 0 saturated heterocycles. The van der Waals surface area contributed by atoms with Crippen LogP contribution in [0.2, 0.25) is 0 Å². The molecule has 7 heteroatoms. The predicted octanol–water partition coefficient (Wildman–Crippen LogP) is 4.70. The van der Waals surface area contributed by atoms with Crippen LogP contribution in [-0.4, -0.2) is 39.8 Å². The van der Waals surface area contributed by atoms with Gasteiger partial charge >= 0.3 is 0 Å². The lowest BCUT2D eigenvalue weighted by molar-refractivity contribution is -0.114. The van der Waals surface area contributed by atoms with Gasteiger partial charge in [-0.2, -0.15) is 0 Å². The zero-order valence-corrected chi connectivity index (χ0v) is 19.6. The van der Waals surface area contributed by atoms with Crippen LogP contribution in [0.1, 0.15) is 28.5 Å². The Hall–Kier alpha value is -4.39. The maximum atomic E-state index is 13.6. The van der Waals surface area contributed by atoms with Crippen molar-refractivity contribution in [2.24, 2.45) is 0 Å². The van der Waals surface area contributed by atoms with Gasteiger partial charge in [-0.05, 0) is 47.0 Å². The summed E-state index contributed by atoms with van der Waals surface area (Å²) in [5, 5.41) is 2.76. The number of aromatic nitrogens is 2. The Labute approximate surface area is 204 Å². The molecule has 2 amide bonds. The Bertz CT molecular complexity index is 1330. The van der Waals surface area contributed by atoms with Gasteiger partial charge in [-0.25, -0.2) is 4.98 Å². The molecular weight excluding hydrogens is 438 g/mol. The van der Waals surface area contributed by atoms with Gasteiger partial charge in [0.1, 0.15) is 0 Å². The molecule has 0 aliphatic carbocycles. The van der Waals surface area contributed by atoms with Gasteiger partial charge in [0.15, 0.2) is 0 Å². The molecule has 0 bridgehead atoms. The van der Waals surface area contributed by atoms with E-state index in [1.54, 1.807) is 30.6 Å². The monoisotopic (exact) mass is 465 g/mol. The molecule has 4 aromatic rings. The zero-order valence-electron chi connectivity index (χ0n) is 19.6. The number of nitrogens with one attached hydrogen (secondary N) is 2. The number of nitrogens with zero attached hydrogens (tertiary/aromatic N) is 3. The van der Waals surface area contributed by atoms with Gasteiger partial charge in [0, 0.05) is 49.7 Å². The Morgan fingerprint density at radius 3 is 2.60 bits per heavy atom. The van der Waals surface area contributed by atoms with Crippen LogP contribution in [0, 0.1) is 0 Å². The first-order valence-corrected chi connectivity index (χ1v) is 11.6. The molecule has 0 radical (unpaired) electrons. The summed E-state index contributed by atoms with van der Waals surface area (Å²) in [6, 6.07) is 23.8. The lowest BCUT2D eigenvalue weighted by Crippen LogP contribution is -2.35. The highest BCUT2D eigenvalue weighted by atomic mass is 16.2. The summed E-state index contributed by atoms with van der Waals surface area (Å²) >= 11 is 0. The number of benzene rings is 3. The first kappa shape index (κ1) is 22.4. The molecule has 0 fully saturated rings. The summed E-state index contributed by atoms with van der Waals surface area (Å²) in [6.07, 6.45) is 3.52. The van der Waals surface area contributed by atoms with Gasteiger partial charge in [0.2, 0.25) is 5.91 Å². The van der Waals surface area contributed by atoms with Crippen LogP contribution in [0.3, 0.4) is 0 Å². The average Bonchev–Trinajstić information content (AvgIpc) is 3.32. The van der Waals surface area contributed by atoms with Crippen LogP contribution in [-0.2, 0) is 17.9 Å². The third-order valence-electron chi connectivity index (χ3n) is 6.16. The van der Waals surface area contributed by atoms with Gasteiger partial charge < -0.3 is 20.1 Å². The second-order valence-electron chi connectivity index (χ2n) is 8.70. The topological polar surface area (TPSA) is 81.3 Å². The molecule has 7 nitrogen and oxygen atoms in total. The van der Waals surface area contributed by atoms with Gasteiger partial charge in [0.05, 0.1) is 18.6 Å². The number of aromatic amines is 1. The maximum Gasteiger partial charge on any atom is 0.254 e. The highest BCUT2D eigenvalue weighted by Crippen LogP contribution is 2.32. The number of carbonyl (C=O) groups is 2. The van der Waals surface area contributed by atoms with E-state index in [1.165, 1.54) is 6.92 Å². The number of rotatable bonds is 5. The number of anilines is 2. The van der Waals surface area contributed by atoms with E-state index >= 15 is 0 Å². The molecule has 5 rings (SSSR count). The van der Waals surface area contributed by atoms with E-state index in [-0.39, 0.29) is 11.8 Å². The third kappa shape index (κ3) is 5.09. The minimum Gasteiger partial charge on any atom is -0.364 e. The molecule has 35 heavy (non-hydrogen) atoms. The summed E-state index contributed by atoms with van der Waals surface area (Å²) < 4.78 is 0. The maximum absolute atomic E-state index is 13.6. The zero-order chi connectivity index (χ0) is 24.2. The van der Waals surface area contributed by atoms with Crippen molar-refractivity contribution in [2.45, 2.75) is 20.0 Å². The average molecular weight is 466 g/mol. The van der Waals surface area contributed by atoms with Crippen molar-refractivity contribution in [3.8, 4) is 11.1 Å². The first-order valence-electron chi connectivity index (χ1n) is 11.6. The summed E-state index contributed by atoms with van der Waals surface area (Å²) in [6.45, 7) is 3.90. The molecular formula is C28H27N5O2. The Morgan fingerprint density at radius 1 is 0.971 bits per heavy atom. The summed E-state index contributed by atoms with van der Waals surface area (Å²) in [5.41, 5.74) is 6.65. The number of amides is 2. The second kappa shape index (κ2) is 9.85. The molecule has 3 aromatic carbocycles. The molecule has 0 unspecified atom stereocenters. The van der Waals surface area contributed by atoms with E-state index in [0.717, 1.165) is 28.1 Å². The van der Waals surface area contributed by atoms with Gasteiger partial charge in [-0.1, -0.05) is 42.5 Å². The minimum atomic E-state index is -0.166. The summed E-state index contributed by atoms with van der Waals surface area (Å²) in [7, 11) is 0. The van der Waals surface area contributed by atoms with Crippen molar-refractivity contribution in [2.75, 3.05) is 23.3 Å². The van der Waals surface area contributed by atoms with Crippen molar-refractivity contribution in [3.63, 3.8) is 0 Å². The minimum absolute atomic E-state index is 0.0587. The molecule has 176 valence electrons. The SMILES string of the molecule is CC(=O)Nc1cccc(C(=O)N2CCN(Cc3cnc[nH]3)c3ccc(-c4ccccc4)cc3C2)c1. The van der Waals surface area contributed by atoms with E-state index in [0.29, 0.717) is 37.4 Å². The number of hydrogen-bond donors (Lipinski definition) is 2. The lowest BCUT2D eigenvalue weighted by Gasteiger charge is -2.24. The number of H-pyrrole nitrogens is 1. The fourth-order valence-corrected chi connectivity index (χ4v) is 4.51. The van der Waals surface area contributed by atoms with E-state index in [9.17, 15) is 9.59 Å². The predicted molar refractivity (Wildman–Crippen MR) is 137 cm³/mol. The van der Waals surface area contributed by atoms with E-state index < -0.39 is 0 Å². The van der Waals surface area contributed by atoms with E-state index in [1.807, 2.05) is 29.3 Å². The van der Waals surface area contributed by atoms with Gasteiger partial charge in [0.25, 0.3) is 5.91 Å². The van der Waals surface area contributed by atoms with Crippen molar-refractivity contribution in [1.82, 2.24) is 14.9 Å². The first-order chi connectivity index (χ1) is 17.1. The van der Waals surface area contributed by atoms with Crippen LogP contribution in [0.15, 0.2) is 85.3 Å². The highest BCUT2D eigenvalue weighted by Gasteiger charge is 2.25. The highest BCUT2D eigenvalue weighted by molar-refractivity contribution is 5.97. The third-order valence-corrected chi connectivity index (χ3v) is 6.16. The molecule has 1 aliphatic heterocycles. The molecule has 1 aliphatic rings. The molecule has 1 aromatic heterocycles. The number of hydrogen-bond acceptors (Lipinski definition) is 4. The normalized spacial score (nSPS) is 13.2. The molecule has 0 atom stereocenters. The number of fused-ring (bicyclic) bond motifs is 1. The van der Waals surface area contributed by atoms with Crippen molar-refractivity contribution in [1.29, 1.82) is 0 Å². The molecule has 2 N–H and O–H groups in total. The largest absolute Gasteiger partial charge is 0.364 e. The fourth-order valence-electron chi connectivity index (χ4n) is 4.51. The van der Waals surface area contributed by atoms with Crippen molar-refractivity contribution < 1.29 is 9.59 Å². The van der Waals surface area contributed by atoms with E-state index in [4.69, 9.17) is 0 Å². The van der Waals surface area contributed by atoms with Crippen LogP contribution < -0.4 is 10.2 Å². The quantitative estimate of drug-likeness (QED) is 0.448. The van der Waals surface area contributed by atoms with E-state index in [2.05, 4.69) is 50.5 Å². The Balaban J connectivity index is 1.48. The summed E-state index contributed by atoms with van der Waals surface area (Å²) in [5.74, 6) is -0.224. The van der Waals surface area contributed by atoms with Gasteiger partial charge in [-0.15, -0.1) is 0 Å². The number of carbonyl (C=O) groups excluding carboxylic acids is 2. The number of imidazole rings is 1. The smallest absolute Gasteiger partial charge is 0.254 e. The fraction of sp³-hybridized carbons (Fsp3) is 0.179. The standard InChI is InChI=1S/C28H27N5O2/c1-20(34)31-25-9-5-8-23(15-25)28(35)33-13-12-32(18-26-16-29-19-30-26)27-11-10-22(14-24(27)17-33)21-6-3-2-4-7-21/h2-11,14-16,19H,12-13,17-18H2,1H3,(H,29,30)(H,31,34). The van der Waals surface area contributed by atoms with Crippen LogP contribution in [0.4, 0.5) is 11.4 Å². The lowest BCUT2D eigenvalue weighted by atomic mass is 10.0. The molecule has 2 heterocycles. The summed E-state index contributed by atoms with van der Waals surface area (Å²) in [4.78, 5) is 36.5. The van der Waals surface area contributed by atoms with Crippen molar-refractivity contribution in [3.05, 3.63) is 102 Å². The van der Waals surface area contributed by atoms with Crippen LogP contribution >= 0.6 is 0 Å². The van der Waals surface area contributed by atoms with Crippen LogP contribution in [0.5, 0.6) is 0 Å².